The number of nitrogens with zero attached hydrogens (tertiary/aromatic N) is 1. The predicted molar refractivity (Wildman–Crippen MR) is 99.1 cm³/mol. The summed E-state index contributed by atoms with van der Waals surface area (Å²) in [5, 5.41) is 5.45. The van der Waals surface area contributed by atoms with Crippen molar-refractivity contribution in [2.45, 2.75) is 6.42 Å². The molecule has 2 aromatic carbocycles. The Morgan fingerprint density at radius 2 is 1.85 bits per heavy atom. The molecule has 3 aromatic rings. The first-order valence-corrected chi connectivity index (χ1v) is 8.26. The Balaban J connectivity index is 1.49. The first-order valence-electron chi connectivity index (χ1n) is 8.26. The van der Waals surface area contributed by atoms with Crippen LogP contribution in [0.25, 0.3) is 0 Å². The second-order valence-corrected chi connectivity index (χ2v) is 5.64. The lowest BCUT2D eigenvalue weighted by Crippen LogP contribution is -2.15. The number of nitrogens with one attached hydrogen (secondary N) is 2. The van der Waals surface area contributed by atoms with Crippen LogP contribution in [0.1, 0.15) is 6.42 Å². The molecule has 138 valence electrons. The lowest BCUT2D eigenvalue weighted by atomic mass is 10.3. The van der Waals surface area contributed by atoms with Gasteiger partial charge in [0.15, 0.2) is 0 Å². The number of para-hydroxylation sites is 1. The lowest BCUT2D eigenvalue weighted by molar-refractivity contribution is -0.116. The summed E-state index contributed by atoms with van der Waals surface area (Å²) in [5.41, 5.74) is 0.614. The number of carbonyl (C=O) groups excluding carboxylic acids is 1. The Morgan fingerprint density at radius 3 is 2.56 bits per heavy atom. The van der Waals surface area contributed by atoms with Crippen molar-refractivity contribution in [2.75, 3.05) is 17.2 Å². The van der Waals surface area contributed by atoms with E-state index in [0.717, 1.165) is 12.1 Å². The number of carbonyl (C=O) groups is 1. The molecule has 0 radical (unpaired) electrons. The molecular weight excluding hydrogens is 352 g/mol. The van der Waals surface area contributed by atoms with Gasteiger partial charge >= 0.3 is 0 Å². The molecule has 1 amide bonds. The molecular formula is C20H17F2N3O2. The standard InChI is InChI=1S/C20H17F2N3O2/c21-14-6-8-18(17(22)12-14)25-19-9-7-15(13-23-19)24-20(26)10-11-27-16-4-2-1-3-5-16/h1-9,12-13H,10-11H2,(H,23,25)(H,24,26). The fourth-order valence-electron chi connectivity index (χ4n) is 2.27. The Morgan fingerprint density at radius 1 is 1.04 bits per heavy atom. The molecule has 0 unspecified atom stereocenters. The number of benzene rings is 2. The summed E-state index contributed by atoms with van der Waals surface area (Å²) in [5.74, 6) is -0.507. The fraction of sp³-hybridized carbons (Fsp3) is 0.100. The van der Waals surface area contributed by atoms with Crippen molar-refractivity contribution in [1.82, 2.24) is 4.98 Å². The van der Waals surface area contributed by atoms with Gasteiger partial charge in [0.2, 0.25) is 5.91 Å². The zero-order chi connectivity index (χ0) is 19.1. The SMILES string of the molecule is O=C(CCOc1ccccc1)Nc1ccc(Nc2ccc(F)cc2F)nc1. The third-order valence-corrected chi connectivity index (χ3v) is 3.58. The van der Waals surface area contributed by atoms with Crippen LogP contribution >= 0.6 is 0 Å². The highest BCUT2D eigenvalue weighted by atomic mass is 19.1. The van der Waals surface area contributed by atoms with Crippen molar-refractivity contribution in [1.29, 1.82) is 0 Å². The average molecular weight is 369 g/mol. The zero-order valence-electron chi connectivity index (χ0n) is 14.3. The number of anilines is 3. The van der Waals surface area contributed by atoms with Gasteiger partial charge < -0.3 is 15.4 Å². The Hall–Kier alpha value is -3.48. The number of pyridine rings is 1. The van der Waals surface area contributed by atoms with Gasteiger partial charge in [-0.1, -0.05) is 18.2 Å². The van der Waals surface area contributed by atoms with Crippen LogP contribution in [-0.4, -0.2) is 17.5 Å². The Kier molecular flexibility index (Phi) is 5.94. The third kappa shape index (κ3) is 5.50. The zero-order valence-corrected chi connectivity index (χ0v) is 14.3. The Labute approximate surface area is 155 Å². The van der Waals surface area contributed by atoms with Crippen molar-refractivity contribution < 1.29 is 18.3 Å². The molecule has 27 heavy (non-hydrogen) atoms. The van der Waals surface area contributed by atoms with E-state index in [9.17, 15) is 13.6 Å². The molecule has 5 nitrogen and oxygen atoms in total. The number of rotatable bonds is 7. The second-order valence-electron chi connectivity index (χ2n) is 5.64. The van der Waals surface area contributed by atoms with Crippen LogP contribution in [0, 0.1) is 11.6 Å². The number of hydrogen-bond donors (Lipinski definition) is 2. The summed E-state index contributed by atoms with van der Waals surface area (Å²) < 4.78 is 32.0. The predicted octanol–water partition coefficient (Wildman–Crippen LogP) is 4.51. The van der Waals surface area contributed by atoms with Crippen molar-refractivity contribution >= 4 is 23.1 Å². The number of ether oxygens (including phenoxy) is 1. The highest BCUT2D eigenvalue weighted by Gasteiger charge is 2.06. The van der Waals surface area contributed by atoms with Gasteiger partial charge in [0.05, 0.1) is 30.6 Å². The van der Waals surface area contributed by atoms with Gasteiger partial charge in [-0.15, -0.1) is 0 Å². The largest absolute Gasteiger partial charge is 0.493 e. The molecule has 2 N–H and O–H groups in total. The molecule has 0 saturated heterocycles. The van der Waals surface area contributed by atoms with E-state index in [1.165, 1.54) is 12.3 Å². The molecule has 3 rings (SSSR count). The number of aromatic nitrogens is 1. The van der Waals surface area contributed by atoms with Gasteiger partial charge in [0.25, 0.3) is 0 Å². The van der Waals surface area contributed by atoms with Crippen LogP contribution in [0.5, 0.6) is 5.75 Å². The van der Waals surface area contributed by atoms with Gasteiger partial charge in [-0.25, -0.2) is 13.8 Å². The summed E-state index contributed by atoms with van der Waals surface area (Å²) in [4.78, 5) is 16.0. The summed E-state index contributed by atoms with van der Waals surface area (Å²) in [7, 11) is 0. The van der Waals surface area contributed by atoms with Gasteiger partial charge in [0.1, 0.15) is 23.2 Å². The smallest absolute Gasteiger partial charge is 0.227 e. The van der Waals surface area contributed by atoms with Gasteiger partial charge in [-0.3, -0.25) is 4.79 Å². The van der Waals surface area contributed by atoms with Crippen molar-refractivity contribution in [3.8, 4) is 5.75 Å². The average Bonchev–Trinajstić information content (AvgIpc) is 2.66. The van der Waals surface area contributed by atoms with Crippen LogP contribution in [0.2, 0.25) is 0 Å². The molecule has 0 aliphatic carbocycles. The quantitative estimate of drug-likeness (QED) is 0.643. The van der Waals surface area contributed by atoms with Crippen LogP contribution in [0.3, 0.4) is 0 Å². The molecule has 0 atom stereocenters. The normalized spacial score (nSPS) is 10.3. The molecule has 0 fully saturated rings. The maximum Gasteiger partial charge on any atom is 0.227 e. The van der Waals surface area contributed by atoms with Gasteiger partial charge in [-0.2, -0.15) is 0 Å². The minimum atomic E-state index is -0.715. The maximum absolute atomic E-state index is 13.6. The second kappa shape index (κ2) is 8.75. The molecule has 0 spiro atoms. The van der Waals surface area contributed by atoms with Gasteiger partial charge in [0, 0.05) is 6.07 Å². The van der Waals surface area contributed by atoms with E-state index in [4.69, 9.17) is 4.74 Å². The first kappa shape index (κ1) is 18.3. The van der Waals surface area contributed by atoms with Gasteiger partial charge in [-0.05, 0) is 36.4 Å². The van der Waals surface area contributed by atoms with Crippen molar-refractivity contribution in [3.05, 3.63) is 78.5 Å². The number of hydrogen-bond acceptors (Lipinski definition) is 4. The topological polar surface area (TPSA) is 63.2 Å². The third-order valence-electron chi connectivity index (χ3n) is 3.58. The van der Waals surface area contributed by atoms with E-state index in [1.54, 1.807) is 12.1 Å². The van der Waals surface area contributed by atoms with E-state index in [1.807, 2.05) is 30.3 Å². The molecule has 7 heteroatoms. The molecule has 1 heterocycles. The van der Waals surface area contributed by atoms with E-state index in [-0.39, 0.29) is 24.6 Å². The monoisotopic (exact) mass is 369 g/mol. The van der Waals surface area contributed by atoms with Crippen LogP contribution in [-0.2, 0) is 4.79 Å². The summed E-state index contributed by atoms with van der Waals surface area (Å²) in [6, 6.07) is 15.7. The first-order chi connectivity index (χ1) is 13.1. The Bertz CT molecular complexity index is 903. The molecule has 0 saturated carbocycles. The van der Waals surface area contributed by atoms with E-state index in [0.29, 0.717) is 17.3 Å². The molecule has 1 aromatic heterocycles. The van der Waals surface area contributed by atoms with E-state index >= 15 is 0 Å². The van der Waals surface area contributed by atoms with Crippen molar-refractivity contribution in [2.24, 2.45) is 0 Å². The summed E-state index contributed by atoms with van der Waals surface area (Å²) in [6.07, 6.45) is 1.63. The number of amides is 1. The maximum atomic E-state index is 13.6. The summed E-state index contributed by atoms with van der Waals surface area (Å²) in [6.45, 7) is 0.257. The minimum absolute atomic E-state index is 0.110. The van der Waals surface area contributed by atoms with Crippen molar-refractivity contribution in [3.63, 3.8) is 0 Å². The fourth-order valence-corrected chi connectivity index (χ4v) is 2.27. The highest BCUT2D eigenvalue weighted by Crippen LogP contribution is 2.20. The van der Waals surface area contributed by atoms with Crippen LogP contribution < -0.4 is 15.4 Å². The molecule has 0 bridgehead atoms. The van der Waals surface area contributed by atoms with E-state index < -0.39 is 11.6 Å². The van der Waals surface area contributed by atoms with Crippen LogP contribution in [0.15, 0.2) is 66.9 Å². The highest BCUT2D eigenvalue weighted by molar-refractivity contribution is 5.90. The lowest BCUT2D eigenvalue weighted by Gasteiger charge is -2.09. The van der Waals surface area contributed by atoms with E-state index in [2.05, 4.69) is 15.6 Å². The van der Waals surface area contributed by atoms with Crippen LogP contribution in [0.4, 0.5) is 26.0 Å². The molecule has 0 aliphatic heterocycles. The minimum Gasteiger partial charge on any atom is -0.493 e. The summed E-state index contributed by atoms with van der Waals surface area (Å²) >= 11 is 0. The number of halogens is 2. The molecule has 0 aliphatic rings.